The molecule has 3 unspecified atom stereocenters. The smallest absolute Gasteiger partial charge is 0.251 e. The van der Waals surface area contributed by atoms with Gasteiger partial charge in [-0.15, -0.1) is 0 Å². The number of amides is 1. The number of hydrogen-bond donors (Lipinski definition) is 2. The molecule has 0 bridgehead atoms. The summed E-state index contributed by atoms with van der Waals surface area (Å²) in [6.07, 6.45) is 0.809. The summed E-state index contributed by atoms with van der Waals surface area (Å²) >= 11 is 0. The number of ether oxygens (including phenoxy) is 4. The fourth-order valence-corrected chi connectivity index (χ4v) is 7.02. The van der Waals surface area contributed by atoms with Crippen molar-refractivity contribution in [1.82, 2.24) is 10.2 Å². The fourth-order valence-electron chi connectivity index (χ4n) is 7.02. The Hall–Kier alpha value is -4.99. The lowest BCUT2D eigenvalue weighted by atomic mass is 9.96. The van der Waals surface area contributed by atoms with Crippen LogP contribution in [-0.2, 0) is 35.6 Å². The van der Waals surface area contributed by atoms with Gasteiger partial charge in [0.1, 0.15) is 0 Å². The van der Waals surface area contributed by atoms with E-state index in [-0.39, 0.29) is 24.7 Å². The lowest BCUT2D eigenvalue weighted by Crippen LogP contribution is -2.41. The van der Waals surface area contributed by atoms with Crippen LogP contribution in [-0.4, -0.2) is 49.3 Å². The molecule has 0 spiro atoms. The number of methoxy groups -OCH3 is 2. The lowest BCUT2D eigenvalue weighted by molar-refractivity contribution is -0.253. The van der Waals surface area contributed by atoms with Gasteiger partial charge in [0.25, 0.3) is 5.91 Å². The third kappa shape index (κ3) is 8.16. The van der Waals surface area contributed by atoms with E-state index in [1.807, 2.05) is 72.8 Å². The predicted molar refractivity (Wildman–Crippen MR) is 196 cm³/mol. The van der Waals surface area contributed by atoms with Crippen LogP contribution in [0.2, 0.25) is 0 Å². The van der Waals surface area contributed by atoms with Gasteiger partial charge in [0.2, 0.25) is 0 Å². The van der Waals surface area contributed by atoms with Gasteiger partial charge in [-0.2, -0.15) is 0 Å². The first kappa shape index (κ1) is 34.5. The van der Waals surface area contributed by atoms with Gasteiger partial charge in [-0.3, -0.25) is 9.69 Å². The Morgan fingerprint density at radius 2 is 1.51 bits per heavy atom. The van der Waals surface area contributed by atoms with Gasteiger partial charge in [-0.25, -0.2) is 0 Å². The second-order valence-electron chi connectivity index (χ2n) is 13.2. The van der Waals surface area contributed by atoms with Gasteiger partial charge in [0.15, 0.2) is 17.8 Å². The first-order valence-corrected chi connectivity index (χ1v) is 17.5. The summed E-state index contributed by atoms with van der Waals surface area (Å²) in [6.45, 7) is 2.90. The summed E-state index contributed by atoms with van der Waals surface area (Å²) < 4.78 is 24.6. The number of fused-ring (bicyclic) bond motifs is 1. The Morgan fingerprint density at radius 3 is 2.25 bits per heavy atom. The van der Waals surface area contributed by atoms with Crippen LogP contribution in [0.3, 0.4) is 0 Å². The van der Waals surface area contributed by atoms with Gasteiger partial charge in [-0.1, -0.05) is 78.9 Å². The molecule has 5 aromatic rings. The van der Waals surface area contributed by atoms with E-state index < -0.39 is 6.29 Å². The van der Waals surface area contributed by atoms with Crippen LogP contribution in [0.25, 0.3) is 11.1 Å². The monoisotopic (exact) mass is 684 g/mol. The van der Waals surface area contributed by atoms with Crippen LogP contribution >= 0.6 is 0 Å². The summed E-state index contributed by atoms with van der Waals surface area (Å²) in [4.78, 5) is 15.1. The van der Waals surface area contributed by atoms with Gasteiger partial charge in [-0.05, 0) is 81.8 Å². The molecule has 0 radical (unpaired) electrons. The van der Waals surface area contributed by atoms with Crippen molar-refractivity contribution < 1.29 is 28.8 Å². The van der Waals surface area contributed by atoms with Crippen LogP contribution in [0, 0.1) is 0 Å². The number of nitrogens with zero attached hydrogens (tertiary/aromatic N) is 1. The van der Waals surface area contributed by atoms with Crippen LogP contribution in [0.1, 0.15) is 62.6 Å². The molecule has 51 heavy (non-hydrogen) atoms. The zero-order valence-corrected chi connectivity index (χ0v) is 29.1. The van der Waals surface area contributed by atoms with Crippen LogP contribution in [0.15, 0.2) is 115 Å². The van der Waals surface area contributed by atoms with Crippen molar-refractivity contribution >= 4 is 5.91 Å². The third-order valence-corrected chi connectivity index (χ3v) is 9.78. The molecule has 1 amide bonds. The first-order chi connectivity index (χ1) is 25.0. The highest BCUT2D eigenvalue weighted by Crippen LogP contribution is 2.40. The van der Waals surface area contributed by atoms with E-state index >= 15 is 0 Å². The van der Waals surface area contributed by atoms with E-state index in [0.717, 1.165) is 70.9 Å². The Kier molecular flexibility index (Phi) is 10.8. The Labute approximate surface area is 299 Å². The molecule has 2 aliphatic heterocycles. The fraction of sp³-hybridized carbons (Fsp3) is 0.279. The minimum absolute atomic E-state index is 0.000643. The van der Waals surface area contributed by atoms with Crippen molar-refractivity contribution in [3.05, 3.63) is 154 Å². The summed E-state index contributed by atoms with van der Waals surface area (Å²) in [7, 11) is 3.35. The Morgan fingerprint density at radius 1 is 0.784 bits per heavy atom. The lowest BCUT2D eigenvalue weighted by Gasteiger charge is -2.39. The third-order valence-electron chi connectivity index (χ3n) is 9.78. The standard InChI is InChI=1S/C43H44N2O6/c1-48-40-22-35-18-19-45(26-37(35)23-41(40)49-2)27-38-24-39(31-16-14-29(28-46)15-17-31)51-43(50-38)36-13-7-12-34(21-36)33-11-6-8-30(20-33)25-44-42(47)32-9-4-3-5-10-32/h3-17,20-23,38-39,43,46H,18-19,24-28H2,1-2H3,(H,44,47). The van der Waals surface area contributed by atoms with E-state index in [4.69, 9.17) is 18.9 Å². The zero-order valence-electron chi connectivity index (χ0n) is 29.1. The normalized spacial score (nSPS) is 18.8. The summed E-state index contributed by atoms with van der Waals surface area (Å²) in [5, 5.41) is 12.7. The van der Waals surface area contributed by atoms with Crippen molar-refractivity contribution in [1.29, 1.82) is 0 Å². The summed E-state index contributed by atoms with van der Waals surface area (Å²) in [6, 6.07) is 38.0. The first-order valence-electron chi connectivity index (χ1n) is 17.5. The number of aliphatic hydroxyl groups excluding tert-OH is 1. The number of nitrogens with one attached hydrogen (secondary N) is 1. The molecule has 3 atom stereocenters. The Balaban J connectivity index is 1.10. The molecule has 2 aliphatic rings. The molecule has 8 nitrogen and oxygen atoms in total. The van der Waals surface area contributed by atoms with E-state index in [2.05, 4.69) is 52.7 Å². The second kappa shape index (κ2) is 15.9. The number of carbonyl (C=O) groups is 1. The number of benzene rings is 5. The molecule has 0 aromatic heterocycles. The van der Waals surface area contributed by atoms with E-state index in [1.54, 1.807) is 14.2 Å². The summed E-state index contributed by atoms with van der Waals surface area (Å²) in [5.74, 6) is 1.41. The zero-order chi connectivity index (χ0) is 35.2. The molecular formula is C43H44N2O6. The molecule has 0 aliphatic carbocycles. The van der Waals surface area contributed by atoms with Crippen LogP contribution in [0.5, 0.6) is 11.5 Å². The summed E-state index contributed by atoms with van der Waals surface area (Å²) in [5.41, 5.74) is 9.14. The van der Waals surface area contributed by atoms with Gasteiger partial charge in [0.05, 0.1) is 33.0 Å². The molecule has 2 heterocycles. The van der Waals surface area contributed by atoms with Gasteiger partial charge >= 0.3 is 0 Å². The molecule has 1 saturated heterocycles. The molecule has 7 rings (SSSR count). The minimum Gasteiger partial charge on any atom is -0.493 e. The quantitative estimate of drug-likeness (QED) is 0.150. The van der Waals surface area contributed by atoms with Crippen molar-refractivity contribution in [3.63, 3.8) is 0 Å². The molecule has 8 heteroatoms. The van der Waals surface area contributed by atoms with Crippen molar-refractivity contribution in [2.24, 2.45) is 0 Å². The highest BCUT2D eigenvalue weighted by Gasteiger charge is 2.34. The highest BCUT2D eigenvalue weighted by atomic mass is 16.7. The van der Waals surface area contributed by atoms with Crippen LogP contribution < -0.4 is 14.8 Å². The minimum atomic E-state index is -0.569. The van der Waals surface area contributed by atoms with E-state index in [0.29, 0.717) is 18.5 Å². The van der Waals surface area contributed by atoms with Gasteiger partial charge < -0.3 is 29.4 Å². The van der Waals surface area contributed by atoms with Crippen molar-refractivity contribution in [2.45, 2.75) is 51.0 Å². The van der Waals surface area contributed by atoms with E-state index in [9.17, 15) is 9.90 Å². The average Bonchev–Trinajstić information content (AvgIpc) is 3.19. The molecular weight excluding hydrogens is 640 g/mol. The van der Waals surface area contributed by atoms with Crippen LogP contribution in [0.4, 0.5) is 0 Å². The maximum Gasteiger partial charge on any atom is 0.251 e. The number of hydrogen-bond acceptors (Lipinski definition) is 7. The largest absolute Gasteiger partial charge is 0.493 e. The SMILES string of the molecule is COc1cc2c(cc1OC)CN(CC1CC(c3ccc(CO)cc3)OC(c3cccc(-c4cccc(CNC(=O)c5ccccc5)c4)c3)O1)CC2. The van der Waals surface area contributed by atoms with Crippen molar-refractivity contribution in [2.75, 3.05) is 27.3 Å². The highest BCUT2D eigenvalue weighted by molar-refractivity contribution is 5.94. The van der Waals surface area contributed by atoms with Crippen molar-refractivity contribution in [3.8, 4) is 22.6 Å². The average molecular weight is 685 g/mol. The Bertz CT molecular complexity index is 1950. The molecule has 0 saturated carbocycles. The molecule has 1 fully saturated rings. The topological polar surface area (TPSA) is 89.5 Å². The molecule has 2 N–H and O–H groups in total. The van der Waals surface area contributed by atoms with E-state index in [1.165, 1.54) is 11.1 Å². The second-order valence-corrected chi connectivity index (χ2v) is 13.2. The van der Waals surface area contributed by atoms with Gasteiger partial charge in [0, 0.05) is 43.7 Å². The number of rotatable bonds is 11. The number of carbonyl (C=O) groups excluding carboxylic acids is 1. The predicted octanol–water partition coefficient (Wildman–Crippen LogP) is 7.40. The molecule has 262 valence electrons. The maximum atomic E-state index is 12.6. The maximum absolute atomic E-state index is 12.6. The molecule has 5 aromatic carbocycles. The number of aliphatic hydroxyl groups is 1.